The Kier molecular flexibility index (Phi) is 7.57. The molecule has 0 amide bonds. The summed E-state index contributed by atoms with van der Waals surface area (Å²) in [5.41, 5.74) is 2.91. The zero-order valence-electron chi connectivity index (χ0n) is 16.1. The van der Waals surface area contributed by atoms with E-state index in [1.807, 2.05) is 49.6 Å². The van der Waals surface area contributed by atoms with E-state index < -0.39 is 0 Å². The number of aryl methyl sites for hydroxylation is 2. The monoisotopic (exact) mass is 483 g/mol. The fraction of sp³-hybridized carbons (Fsp3) is 0.444. The molecule has 3 rings (SSSR count). The predicted molar refractivity (Wildman–Crippen MR) is 116 cm³/mol. The maximum absolute atomic E-state index is 5.27. The van der Waals surface area contributed by atoms with Crippen LogP contribution in [0.5, 0.6) is 0 Å². The zero-order valence-corrected chi connectivity index (χ0v) is 18.4. The highest BCUT2D eigenvalue weighted by Gasteiger charge is 2.16. The van der Waals surface area contributed by atoms with Crippen molar-refractivity contribution >= 4 is 35.6 Å². The van der Waals surface area contributed by atoms with Crippen molar-refractivity contribution in [2.24, 2.45) is 4.99 Å². The van der Waals surface area contributed by atoms with Gasteiger partial charge in [-0.05, 0) is 32.9 Å². The lowest BCUT2D eigenvalue weighted by atomic mass is 10.00. The van der Waals surface area contributed by atoms with Crippen LogP contribution in [0.3, 0.4) is 0 Å². The molecule has 0 aromatic carbocycles. The first-order valence-electron chi connectivity index (χ1n) is 8.83. The van der Waals surface area contributed by atoms with Crippen molar-refractivity contribution in [3.05, 3.63) is 47.2 Å². The Morgan fingerprint density at radius 2 is 2.07 bits per heavy atom. The first-order valence-corrected chi connectivity index (χ1v) is 8.83. The molecule has 0 fully saturated rings. The molecule has 9 heteroatoms. The largest absolute Gasteiger partial charge is 0.361 e. The average molecular weight is 483 g/mol. The summed E-state index contributed by atoms with van der Waals surface area (Å²) in [6.07, 6.45) is 1.94. The van der Waals surface area contributed by atoms with Crippen LogP contribution in [0.25, 0.3) is 5.65 Å². The minimum Gasteiger partial charge on any atom is -0.361 e. The average Bonchev–Trinajstić information content (AvgIpc) is 3.20. The van der Waals surface area contributed by atoms with Crippen molar-refractivity contribution in [2.75, 3.05) is 13.1 Å². The summed E-state index contributed by atoms with van der Waals surface area (Å²) in [6.45, 7) is 10.1. The molecule has 0 bridgehead atoms. The minimum atomic E-state index is 0. The van der Waals surface area contributed by atoms with Crippen LogP contribution < -0.4 is 10.6 Å². The van der Waals surface area contributed by atoms with Gasteiger partial charge in [0.05, 0.1) is 5.69 Å². The number of nitrogens with zero attached hydrogens (tertiary/aromatic N) is 5. The van der Waals surface area contributed by atoms with Gasteiger partial charge in [0.25, 0.3) is 0 Å². The Hall–Kier alpha value is -2.17. The van der Waals surface area contributed by atoms with Crippen LogP contribution in [0.1, 0.15) is 42.6 Å². The molecule has 27 heavy (non-hydrogen) atoms. The predicted octanol–water partition coefficient (Wildman–Crippen LogP) is 2.81. The van der Waals surface area contributed by atoms with Gasteiger partial charge in [0.2, 0.25) is 0 Å². The number of guanidine groups is 1. The Morgan fingerprint density at radius 1 is 1.26 bits per heavy atom. The van der Waals surface area contributed by atoms with Gasteiger partial charge in [0, 0.05) is 30.8 Å². The summed E-state index contributed by atoms with van der Waals surface area (Å²) < 4.78 is 7.21. The second-order valence-corrected chi connectivity index (χ2v) is 6.26. The van der Waals surface area contributed by atoms with E-state index in [4.69, 9.17) is 4.52 Å². The SMILES string of the molecule is CCNC(=NCc1nnc2ccccn12)NCC(C)c1c(C)noc1C.I. The van der Waals surface area contributed by atoms with Gasteiger partial charge in [-0.1, -0.05) is 18.1 Å². The summed E-state index contributed by atoms with van der Waals surface area (Å²) in [7, 11) is 0. The zero-order chi connectivity index (χ0) is 18.5. The van der Waals surface area contributed by atoms with Gasteiger partial charge in [-0.25, -0.2) is 4.99 Å². The third-order valence-electron chi connectivity index (χ3n) is 4.26. The van der Waals surface area contributed by atoms with E-state index in [2.05, 4.69) is 37.9 Å². The van der Waals surface area contributed by atoms with Crippen LogP contribution >= 0.6 is 24.0 Å². The summed E-state index contributed by atoms with van der Waals surface area (Å²) in [5, 5.41) is 19.1. The highest BCUT2D eigenvalue weighted by Crippen LogP contribution is 2.22. The van der Waals surface area contributed by atoms with Crippen molar-refractivity contribution in [1.82, 2.24) is 30.4 Å². The number of nitrogens with one attached hydrogen (secondary N) is 2. The Labute approximate surface area is 175 Å². The third kappa shape index (κ3) is 4.96. The van der Waals surface area contributed by atoms with Gasteiger partial charge in [-0.15, -0.1) is 34.2 Å². The summed E-state index contributed by atoms with van der Waals surface area (Å²) in [5.74, 6) is 2.68. The molecular weight excluding hydrogens is 457 g/mol. The van der Waals surface area contributed by atoms with E-state index in [9.17, 15) is 0 Å². The van der Waals surface area contributed by atoms with E-state index >= 15 is 0 Å². The number of aromatic nitrogens is 4. The van der Waals surface area contributed by atoms with Gasteiger partial charge >= 0.3 is 0 Å². The van der Waals surface area contributed by atoms with E-state index in [1.54, 1.807) is 0 Å². The van der Waals surface area contributed by atoms with Gasteiger partial charge in [0.1, 0.15) is 12.3 Å². The van der Waals surface area contributed by atoms with Crippen LogP contribution in [0.15, 0.2) is 33.9 Å². The molecule has 1 unspecified atom stereocenters. The molecule has 0 saturated heterocycles. The van der Waals surface area contributed by atoms with Crippen molar-refractivity contribution in [2.45, 2.75) is 40.2 Å². The number of hydrogen-bond donors (Lipinski definition) is 2. The Morgan fingerprint density at radius 3 is 2.78 bits per heavy atom. The quantitative estimate of drug-likeness (QED) is 0.318. The number of rotatable bonds is 6. The Balaban J connectivity index is 0.00000261. The molecule has 8 nitrogen and oxygen atoms in total. The van der Waals surface area contributed by atoms with Crippen LogP contribution in [0.2, 0.25) is 0 Å². The number of hydrogen-bond acceptors (Lipinski definition) is 5. The lowest BCUT2D eigenvalue weighted by Gasteiger charge is -2.15. The molecule has 2 N–H and O–H groups in total. The number of fused-ring (bicyclic) bond motifs is 1. The second kappa shape index (κ2) is 9.67. The Bertz CT molecular complexity index is 883. The van der Waals surface area contributed by atoms with Gasteiger partial charge < -0.3 is 15.2 Å². The molecule has 3 heterocycles. The first-order chi connectivity index (χ1) is 12.6. The van der Waals surface area contributed by atoms with E-state index in [0.717, 1.165) is 47.5 Å². The smallest absolute Gasteiger partial charge is 0.191 e. The molecule has 3 aromatic heterocycles. The van der Waals surface area contributed by atoms with E-state index in [-0.39, 0.29) is 29.9 Å². The molecule has 0 aliphatic heterocycles. The second-order valence-electron chi connectivity index (χ2n) is 6.26. The molecular formula is C18H26IN7O. The van der Waals surface area contributed by atoms with E-state index in [0.29, 0.717) is 6.54 Å². The van der Waals surface area contributed by atoms with E-state index in [1.165, 1.54) is 0 Å². The van der Waals surface area contributed by atoms with Crippen molar-refractivity contribution in [1.29, 1.82) is 0 Å². The lowest BCUT2D eigenvalue weighted by molar-refractivity contribution is 0.391. The first kappa shape index (κ1) is 21.1. The van der Waals surface area contributed by atoms with Crippen molar-refractivity contribution in [3.8, 4) is 0 Å². The van der Waals surface area contributed by atoms with Gasteiger partial charge in [-0.2, -0.15) is 0 Å². The highest BCUT2D eigenvalue weighted by atomic mass is 127. The normalized spacial score (nSPS) is 12.7. The fourth-order valence-corrected chi connectivity index (χ4v) is 3.04. The van der Waals surface area contributed by atoms with Crippen LogP contribution in [-0.2, 0) is 6.54 Å². The summed E-state index contributed by atoms with van der Waals surface area (Å²) >= 11 is 0. The highest BCUT2D eigenvalue weighted by molar-refractivity contribution is 14.0. The van der Waals surface area contributed by atoms with Crippen molar-refractivity contribution < 1.29 is 4.52 Å². The van der Waals surface area contributed by atoms with Crippen LogP contribution in [0.4, 0.5) is 0 Å². The number of aliphatic imine (C=N–C) groups is 1. The topological polar surface area (TPSA) is 92.6 Å². The molecule has 0 saturated carbocycles. The van der Waals surface area contributed by atoms with Crippen molar-refractivity contribution in [3.63, 3.8) is 0 Å². The summed E-state index contributed by atoms with van der Waals surface area (Å²) in [4.78, 5) is 4.64. The molecule has 146 valence electrons. The van der Waals surface area contributed by atoms with Gasteiger partial charge in [-0.3, -0.25) is 4.40 Å². The van der Waals surface area contributed by atoms with Gasteiger partial charge in [0.15, 0.2) is 17.4 Å². The molecule has 3 aromatic rings. The van der Waals surface area contributed by atoms with Crippen LogP contribution in [0, 0.1) is 13.8 Å². The molecule has 0 spiro atoms. The lowest BCUT2D eigenvalue weighted by Crippen LogP contribution is -2.39. The number of halogens is 1. The maximum Gasteiger partial charge on any atom is 0.191 e. The molecule has 0 radical (unpaired) electrons. The minimum absolute atomic E-state index is 0. The third-order valence-corrected chi connectivity index (χ3v) is 4.26. The molecule has 0 aliphatic carbocycles. The molecule has 0 aliphatic rings. The standard InChI is InChI=1S/C18H25N7O.HI/c1-5-19-18(20-10-12(2)17-13(3)24-26-14(17)4)21-11-16-23-22-15-8-6-7-9-25(15)16;/h6-9,12H,5,10-11H2,1-4H3,(H2,19,20,21);1H. The molecule has 1 atom stereocenters. The maximum atomic E-state index is 5.27. The number of pyridine rings is 1. The summed E-state index contributed by atoms with van der Waals surface area (Å²) in [6, 6.07) is 5.83. The fourth-order valence-electron chi connectivity index (χ4n) is 3.04. The van der Waals surface area contributed by atoms with Crippen LogP contribution in [-0.4, -0.2) is 38.8 Å².